The summed E-state index contributed by atoms with van der Waals surface area (Å²) in [7, 11) is 0. The highest BCUT2D eigenvalue weighted by atomic mass is 32.2. The van der Waals surface area contributed by atoms with Gasteiger partial charge in [-0.05, 0) is 22.3 Å². The van der Waals surface area contributed by atoms with Crippen molar-refractivity contribution in [3.8, 4) is 11.1 Å². The predicted molar refractivity (Wildman–Crippen MR) is 81.7 cm³/mol. The Morgan fingerprint density at radius 1 is 0.905 bits per heavy atom. The third-order valence-corrected chi connectivity index (χ3v) is 4.04. The Balaban J connectivity index is 2.05. The number of benzene rings is 2. The number of rotatable bonds is 6. The first-order valence-corrected chi connectivity index (χ1v) is 7.80. The van der Waals surface area contributed by atoms with E-state index in [4.69, 9.17) is 5.11 Å². The van der Waals surface area contributed by atoms with E-state index in [0.29, 0.717) is 5.56 Å². The molecule has 0 saturated carbocycles. The lowest BCUT2D eigenvalue weighted by atomic mass is 10.0. The maximum atomic E-state index is 11.9. The number of hydrogen-bond acceptors (Lipinski definition) is 3. The number of carbonyl (C=O) groups excluding carboxylic acids is 1. The van der Waals surface area contributed by atoms with Gasteiger partial charge in [-0.25, -0.2) is 4.79 Å². The van der Waals surface area contributed by atoms with Gasteiger partial charge in [0.15, 0.2) is 5.75 Å². The molecule has 0 aliphatic heterocycles. The van der Waals surface area contributed by atoms with Crippen molar-refractivity contribution in [1.82, 2.24) is 0 Å². The van der Waals surface area contributed by atoms with Gasteiger partial charge in [0, 0.05) is 5.56 Å². The summed E-state index contributed by atoms with van der Waals surface area (Å²) in [5.74, 6) is -2.25. The van der Waals surface area contributed by atoms with E-state index in [-0.39, 0.29) is 11.5 Å². The van der Waals surface area contributed by atoms with Crippen LogP contribution in [0.4, 0.5) is 0 Å². The van der Waals surface area contributed by atoms with E-state index in [1.807, 2.05) is 42.5 Å². The zero-order valence-corrected chi connectivity index (χ0v) is 12.0. The van der Waals surface area contributed by atoms with Crippen LogP contribution in [-0.2, 0) is 16.0 Å². The average Bonchev–Trinajstić information content (AvgIpc) is 2.47. The van der Waals surface area contributed by atoms with Crippen LogP contribution in [-0.4, -0.2) is 32.9 Å². The molecule has 0 amide bonds. The number of carboxylic acid groups (broad SMARTS) is 1. The Kier molecular flexibility index (Phi) is 5.14. The highest BCUT2D eigenvalue weighted by molar-refractivity contribution is 7.92. The topological polar surface area (TPSA) is 77.4 Å². The molecule has 0 spiro atoms. The van der Waals surface area contributed by atoms with Gasteiger partial charge in [-0.15, -0.1) is 0 Å². The first-order valence-electron chi connectivity index (χ1n) is 6.32. The summed E-state index contributed by atoms with van der Waals surface area (Å²) in [5, 5.41) is 8.53. The molecule has 2 rings (SSSR count). The van der Waals surface area contributed by atoms with E-state index in [1.165, 1.54) is 0 Å². The number of aliphatic carboxylic acids is 1. The highest BCUT2D eigenvalue weighted by Gasteiger charge is 2.18. The van der Waals surface area contributed by atoms with Crippen molar-refractivity contribution < 1.29 is 19.2 Å². The molecule has 0 saturated heterocycles. The lowest BCUT2D eigenvalue weighted by Crippen LogP contribution is -2.23. The number of carboxylic acids is 1. The summed E-state index contributed by atoms with van der Waals surface area (Å²) in [6.45, 7) is 0. The van der Waals surface area contributed by atoms with Crippen molar-refractivity contribution in [3.63, 3.8) is 0 Å². The summed E-state index contributed by atoms with van der Waals surface area (Å²) >= 11 is -1.67. The van der Waals surface area contributed by atoms with Gasteiger partial charge in [-0.3, -0.25) is 4.79 Å². The summed E-state index contributed by atoms with van der Waals surface area (Å²) < 4.78 is 11.4. The van der Waals surface area contributed by atoms with Gasteiger partial charge >= 0.3 is 5.97 Å². The lowest BCUT2D eigenvalue weighted by Gasteiger charge is -2.08. The Morgan fingerprint density at radius 3 is 2.05 bits per heavy atom. The first kappa shape index (κ1) is 15.3. The normalized spacial score (nSPS) is 11.9. The molecule has 0 aromatic heterocycles. The summed E-state index contributed by atoms with van der Waals surface area (Å²) in [5.41, 5.74) is 2.47. The van der Waals surface area contributed by atoms with Crippen LogP contribution in [0.3, 0.4) is 0 Å². The Bertz CT molecular complexity index is 622. The van der Waals surface area contributed by atoms with E-state index in [0.717, 1.165) is 11.1 Å². The van der Waals surface area contributed by atoms with Gasteiger partial charge in [0.2, 0.25) is 11.5 Å². The molecule has 0 fully saturated rings. The second-order valence-electron chi connectivity index (χ2n) is 4.49. The van der Waals surface area contributed by atoms with E-state index in [2.05, 4.69) is 0 Å². The van der Waals surface area contributed by atoms with E-state index in [1.54, 1.807) is 12.1 Å². The second kappa shape index (κ2) is 7.06. The van der Waals surface area contributed by atoms with Gasteiger partial charge in [-0.1, -0.05) is 54.6 Å². The summed E-state index contributed by atoms with van der Waals surface area (Å²) in [6.07, 6.45) is 0. The Labute approximate surface area is 125 Å². The lowest BCUT2D eigenvalue weighted by molar-refractivity contribution is -0.134. The highest BCUT2D eigenvalue weighted by Crippen LogP contribution is 2.19. The van der Waals surface area contributed by atoms with Crippen LogP contribution in [0.2, 0.25) is 0 Å². The molecule has 0 aliphatic carbocycles. The summed E-state index contributed by atoms with van der Waals surface area (Å²) in [6, 6.07) is 16.7. The van der Waals surface area contributed by atoms with Gasteiger partial charge in [0.1, 0.15) is 0 Å². The van der Waals surface area contributed by atoms with Crippen LogP contribution < -0.4 is 0 Å². The minimum Gasteiger partial charge on any atom is -0.616 e. The Hall–Kier alpha value is -2.11. The SMILES string of the molecule is O=C(O)C[S+]([O-])CC(=O)c1ccc(-c2ccccc2)cc1. The fourth-order valence-electron chi connectivity index (χ4n) is 1.90. The quantitative estimate of drug-likeness (QED) is 0.656. The zero-order chi connectivity index (χ0) is 15.2. The Morgan fingerprint density at radius 2 is 1.48 bits per heavy atom. The van der Waals surface area contributed by atoms with E-state index < -0.39 is 22.9 Å². The molecule has 21 heavy (non-hydrogen) atoms. The van der Waals surface area contributed by atoms with Gasteiger partial charge in [0.05, 0.1) is 0 Å². The van der Waals surface area contributed by atoms with Gasteiger partial charge in [-0.2, -0.15) is 0 Å². The van der Waals surface area contributed by atoms with Crippen molar-refractivity contribution in [3.05, 3.63) is 60.2 Å². The third kappa shape index (κ3) is 4.44. The third-order valence-electron chi connectivity index (χ3n) is 2.89. The number of hydrogen-bond donors (Lipinski definition) is 1. The van der Waals surface area contributed by atoms with E-state index >= 15 is 0 Å². The van der Waals surface area contributed by atoms with Crippen LogP contribution in [0.1, 0.15) is 10.4 Å². The maximum absolute atomic E-state index is 11.9. The molecule has 0 radical (unpaired) electrons. The molecule has 0 bridgehead atoms. The van der Waals surface area contributed by atoms with E-state index in [9.17, 15) is 14.1 Å². The molecule has 0 heterocycles. The monoisotopic (exact) mass is 302 g/mol. The van der Waals surface area contributed by atoms with Crippen LogP contribution in [0.25, 0.3) is 11.1 Å². The van der Waals surface area contributed by atoms with Crippen LogP contribution >= 0.6 is 0 Å². The minimum atomic E-state index is -1.67. The van der Waals surface area contributed by atoms with Crippen molar-refractivity contribution in [1.29, 1.82) is 0 Å². The average molecular weight is 302 g/mol. The molecule has 5 heteroatoms. The molecule has 4 nitrogen and oxygen atoms in total. The molecule has 108 valence electrons. The van der Waals surface area contributed by atoms with Crippen molar-refractivity contribution >= 4 is 22.9 Å². The number of ketones is 1. The van der Waals surface area contributed by atoms with Crippen LogP contribution in [0.15, 0.2) is 54.6 Å². The zero-order valence-electron chi connectivity index (χ0n) is 11.2. The molecule has 2 aromatic carbocycles. The predicted octanol–water partition coefficient (Wildman–Crippen LogP) is 2.37. The van der Waals surface area contributed by atoms with Crippen molar-refractivity contribution in [2.45, 2.75) is 0 Å². The van der Waals surface area contributed by atoms with Crippen molar-refractivity contribution in [2.75, 3.05) is 11.5 Å². The number of carbonyl (C=O) groups is 2. The van der Waals surface area contributed by atoms with Gasteiger partial charge in [0.25, 0.3) is 0 Å². The molecule has 1 N–H and O–H groups in total. The van der Waals surface area contributed by atoms with Crippen molar-refractivity contribution in [2.24, 2.45) is 0 Å². The molecule has 0 aliphatic rings. The number of Topliss-reactive ketones (excluding diaryl/α,β-unsaturated/α-hetero) is 1. The standard InChI is InChI=1S/C16H14O4S/c17-15(10-21(20)11-16(18)19)14-8-6-13(7-9-14)12-4-2-1-3-5-12/h1-9H,10-11H2,(H,18,19). The molecular formula is C16H14O4S. The molecule has 1 unspecified atom stereocenters. The molecular weight excluding hydrogens is 288 g/mol. The largest absolute Gasteiger partial charge is 0.616 e. The summed E-state index contributed by atoms with van der Waals surface area (Å²) in [4.78, 5) is 22.3. The smallest absolute Gasteiger partial charge is 0.353 e. The second-order valence-corrected chi connectivity index (χ2v) is 5.95. The fraction of sp³-hybridized carbons (Fsp3) is 0.125. The molecule has 2 aromatic rings. The van der Waals surface area contributed by atoms with Crippen LogP contribution in [0.5, 0.6) is 0 Å². The maximum Gasteiger partial charge on any atom is 0.353 e. The fourth-order valence-corrected chi connectivity index (χ4v) is 2.73. The molecule has 1 atom stereocenters. The minimum absolute atomic E-state index is 0.267. The first-order chi connectivity index (χ1) is 10.1. The van der Waals surface area contributed by atoms with Gasteiger partial charge < -0.3 is 9.66 Å². The van der Waals surface area contributed by atoms with Crippen LogP contribution in [0, 0.1) is 0 Å².